The minimum absolute atomic E-state index is 0.468. The molecule has 0 atom stereocenters. The normalized spacial score (nSPS) is 14.5. The molecule has 2 spiro atoms. The van der Waals surface area contributed by atoms with E-state index in [0.717, 1.165) is 39.0 Å². The molecule has 0 aliphatic heterocycles. The number of rotatable bonds is 3. The summed E-state index contributed by atoms with van der Waals surface area (Å²) in [6.07, 6.45) is 0. The maximum Gasteiger partial charge on any atom is 0.137 e. The Morgan fingerprint density at radius 2 is 0.562 bits per heavy atom. The van der Waals surface area contributed by atoms with Crippen molar-refractivity contribution in [3.05, 3.63) is 269 Å². The van der Waals surface area contributed by atoms with Crippen molar-refractivity contribution in [2.75, 3.05) is 4.90 Å². The van der Waals surface area contributed by atoms with Crippen molar-refractivity contribution >= 4 is 39.0 Å². The summed E-state index contributed by atoms with van der Waals surface area (Å²) < 4.78 is 6.63. The largest absolute Gasteiger partial charge is 0.456 e. The van der Waals surface area contributed by atoms with Gasteiger partial charge in [0, 0.05) is 33.9 Å². The van der Waals surface area contributed by atoms with Gasteiger partial charge >= 0.3 is 0 Å². The monoisotopic (exact) mass is 811 g/mol. The van der Waals surface area contributed by atoms with Crippen LogP contribution in [0.1, 0.15) is 44.5 Å². The first-order chi connectivity index (χ1) is 31.7. The predicted octanol–water partition coefficient (Wildman–Crippen LogP) is 15.7. The first-order valence-corrected chi connectivity index (χ1v) is 22.3. The topological polar surface area (TPSA) is 16.4 Å². The van der Waals surface area contributed by atoms with Gasteiger partial charge in [-0.25, -0.2) is 0 Å². The fourth-order valence-corrected chi connectivity index (χ4v) is 12.7. The zero-order chi connectivity index (χ0) is 41.7. The maximum atomic E-state index is 6.63. The van der Waals surface area contributed by atoms with Crippen LogP contribution in [0.5, 0.6) is 0 Å². The summed E-state index contributed by atoms with van der Waals surface area (Å²) in [6.45, 7) is 0. The Morgan fingerprint density at radius 3 is 0.984 bits per heavy atom. The van der Waals surface area contributed by atoms with Gasteiger partial charge in [0.2, 0.25) is 0 Å². The van der Waals surface area contributed by atoms with Crippen LogP contribution in [0.2, 0.25) is 0 Å². The number of anilines is 3. The minimum Gasteiger partial charge on any atom is -0.456 e. The number of benzene rings is 10. The Bertz CT molecular complexity index is 3510. The van der Waals surface area contributed by atoms with Crippen LogP contribution in [-0.4, -0.2) is 0 Å². The van der Waals surface area contributed by atoms with Gasteiger partial charge in [-0.1, -0.05) is 176 Å². The van der Waals surface area contributed by atoms with Gasteiger partial charge in [-0.3, -0.25) is 0 Å². The Morgan fingerprint density at radius 1 is 0.250 bits per heavy atom. The molecule has 64 heavy (non-hydrogen) atoms. The van der Waals surface area contributed by atoms with Crippen LogP contribution in [0.4, 0.5) is 17.1 Å². The second-order valence-corrected chi connectivity index (χ2v) is 17.8. The quantitative estimate of drug-likeness (QED) is 0.177. The lowest BCUT2D eigenvalue weighted by molar-refractivity contribution is 0.669. The SMILES string of the molecule is c1ccc2c(c1)-c1ccccc1C21c2ccccc2-c2ccc(N(c3ccc4c(c3)C3(c5ccccc5-c5ccccc53)c3ccccc3-4)c3ccc4c(c3)oc3ccccc34)cc21. The number of para-hydroxylation sites is 1. The Balaban J connectivity index is 1.02. The highest BCUT2D eigenvalue weighted by Crippen LogP contribution is 2.65. The molecule has 2 nitrogen and oxygen atoms in total. The third kappa shape index (κ3) is 4.08. The van der Waals surface area contributed by atoms with Gasteiger partial charge in [0.1, 0.15) is 11.2 Å². The summed E-state index contributed by atoms with van der Waals surface area (Å²) in [5.41, 5.74) is 25.1. The molecule has 0 unspecified atom stereocenters. The third-order valence-corrected chi connectivity index (χ3v) is 15.1. The zero-order valence-corrected chi connectivity index (χ0v) is 34.7. The van der Waals surface area contributed by atoms with E-state index in [1.54, 1.807) is 0 Å². The van der Waals surface area contributed by atoms with Crippen molar-refractivity contribution in [2.45, 2.75) is 10.8 Å². The van der Waals surface area contributed by atoms with Gasteiger partial charge in [0.15, 0.2) is 0 Å². The lowest BCUT2D eigenvalue weighted by Crippen LogP contribution is -2.26. The van der Waals surface area contributed by atoms with E-state index >= 15 is 0 Å². The van der Waals surface area contributed by atoms with Crippen molar-refractivity contribution in [1.29, 1.82) is 0 Å². The molecule has 0 bridgehead atoms. The molecule has 0 N–H and O–H groups in total. The molecule has 2 heteroatoms. The molecule has 1 aromatic heterocycles. The van der Waals surface area contributed by atoms with E-state index in [0.29, 0.717) is 0 Å². The molecule has 0 radical (unpaired) electrons. The Kier molecular flexibility index (Phi) is 6.58. The fraction of sp³-hybridized carbons (Fsp3) is 0.0323. The molecule has 11 aromatic rings. The molecule has 4 aliphatic carbocycles. The average molecular weight is 812 g/mol. The number of hydrogen-bond donors (Lipinski definition) is 0. The fourth-order valence-electron chi connectivity index (χ4n) is 12.7. The molecular formula is C62H37NO. The highest BCUT2D eigenvalue weighted by molar-refractivity contribution is 6.06. The molecule has 0 saturated heterocycles. The van der Waals surface area contributed by atoms with E-state index in [-0.39, 0.29) is 0 Å². The smallest absolute Gasteiger partial charge is 0.137 e. The number of furan rings is 1. The highest BCUT2D eigenvalue weighted by Gasteiger charge is 2.53. The van der Waals surface area contributed by atoms with Crippen LogP contribution < -0.4 is 4.90 Å². The molecule has 1 heterocycles. The average Bonchev–Trinajstić information content (AvgIpc) is 4.12. The van der Waals surface area contributed by atoms with Crippen molar-refractivity contribution in [2.24, 2.45) is 0 Å². The van der Waals surface area contributed by atoms with E-state index in [4.69, 9.17) is 4.42 Å². The highest BCUT2D eigenvalue weighted by atomic mass is 16.3. The van der Waals surface area contributed by atoms with Crippen LogP contribution >= 0.6 is 0 Å². The van der Waals surface area contributed by atoms with Gasteiger partial charge < -0.3 is 9.32 Å². The van der Waals surface area contributed by atoms with Crippen molar-refractivity contribution in [3.63, 3.8) is 0 Å². The molecular weight excluding hydrogens is 775 g/mol. The van der Waals surface area contributed by atoms with Gasteiger partial charge in [0.05, 0.1) is 10.8 Å². The summed E-state index contributed by atoms with van der Waals surface area (Å²) in [7, 11) is 0. The summed E-state index contributed by atoms with van der Waals surface area (Å²) in [6, 6.07) is 83.9. The first kappa shape index (κ1) is 34.4. The maximum absolute atomic E-state index is 6.63. The number of nitrogens with zero attached hydrogens (tertiary/aromatic N) is 1. The summed E-state index contributed by atoms with van der Waals surface area (Å²) in [5.74, 6) is 0. The van der Waals surface area contributed by atoms with Crippen LogP contribution in [0.15, 0.2) is 229 Å². The number of fused-ring (bicyclic) bond motifs is 23. The molecule has 10 aromatic carbocycles. The van der Waals surface area contributed by atoms with Crippen molar-refractivity contribution in [3.8, 4) is 44.5 Å². The van der Waals surface area contributed by atoms with Gasteiger partial charge in [-0.2, -0.15) is 0 Å². The van der Waals surface area contributed by atoms with Crippen LogP contribution in [0.3, 0.4) is 0 Å². The van der Waals surface area contributed by atoms with Gasteiger partial charge in [-0.15, -0.1) is 0 Å². The van der Waals surface area contributed by atoms with Crippen LogP contribution in [0.25, 0.3) is 66.4 Å². The molecule has 0 saturated carbocycles. The minimum atomic E-state index is -0.468. The second kappa shape index (κ2) is 12.2. The standard InChI is InChI=1S/C62H37NO/c1-8-22-51-41(15-1)42-16-2-9-23-52(42)61(51)55-26-12-5-19-45(55)47-32-29-38(35-57(47)61)63(40-31-34-50-49-21-7-14-28-59(49)64-60(50)37-40)39-30-33-48-46-20-6-13-27-56(46)62(58(48)36-39)53-24-10-3-17-43(53)44-18-4-11-25-54(44)62/h1-37H. The van der Waals surface area contributed by atoms with E-state index in [9.17, 15) is 0 Å². The third-order valence-electron chi connectivity index (χ3n) is 15.1. The Labute approximate surface area is 371 Å². The van der Waals surface area contributed by atoms with E-state index in [2.05, 4.69) is 223 Å². The van der Waals surface area contributed by atoms with E-state index in [1.165, 1.54) is 89.0 Å². The molecule has 296 valence electrons. The van der Waals surface area contributed by atoms with Gasteiger partial charge in [-0.05, 0) is 131 Å². The lowest BCUT2D eigenvalue weighted by Gasteiger charge is -2.33. The first-order valence-electron chi connectivity index (χ1n) is 22.3. The second-order valence-electron chi connectivity index (χ2n) is 17.8. The predicted molar refractivity (Wildman–Crippen MR) is 261 cm³/mol. The van der Waals surface area contributed by atoms with Crippen LogP contribution in [-0.2, 0) is 10.8 Å². The molecule has 0 amide bonds. The number of hydrogen-bond acceptors (Lipinski definition) is 2. The summed E-state index contributed by atoms with van der Waals surface area (Å²) >= 11 is 0. The van der Waals surface area contributed by atoms with Crippen molar-refractivity contribution < 1.29 is 4.42 Å². The molecule has 15 rings (SSSR count). The summed E-state index contributed by atoms with van der Waals surface area (Å²) in [4.78, 5) is 2.47. The van der Waals surface area contributed by atoms with Crippen LogP contribution in [0, 0.1) is 0 Å². The lowest BCUT2D eigenvalue weighted by atomic mass is 9.70. The Hall–Kier alpha value is -8.20. The van der Waals surface area contributed by atoms with E-state index in [1.807, 2.05) is 6.07 Å². The van der Waals surface area contributed by atoms with Gasteiger partial charge in [0.25, 0.3) is 0 Å². The molecule has 4 aliphatic rings. The molecule has 0 fully saturated rings. The van der Waals surface area contributed by atoms with E-state index < -0.39 is 10.8 Å². The van der Waals surface area contributed by atoms with Crippen molar-refractivity contribution in [1.82, 2.24) is 0 Å². The zero-order valence-electron chi connectivity index (χ0n) is 34.7. The summed E-state index contributed by atoms with van der Waals surface area (Å²) in [5, 5.41) is 2.24.